The minimum absolute atomic E-state index is 0.0313. The second kappa shape index (κ2) is 13.6. The number of hydrogen-bond acceptors (Lipinski definition) is 6. The Morgan fingerprint density at radius 3 is 2.33 bits per heavy atom. The molecule has 2 amide bonds. The van der Waals surface area contributed by atoms with E-state index in [1.165, 1.54) is 35.2 Å². The van der Waals surface area contributed by atoms with E-state index in [0.717, 1.165) is 53.6 Å². The number of non-ortho nitro benzene ring substituents is 1. The van der Waals surface area contributed by atoms with E-state index in [9.17, 15) is 28.1 Å². The molecule has 1 N–H and O–H groups in total. The number of nitro benzene ring substituents is 1. The van der Waals surface area contributed by atoms with Crippen LogP contribution in [-0.2, 0) is 26.2 Å². The van der Waals surface area contributed by atoms with Gasteiger partial charge in [0, 0.05) is 24.7 Å². The predicted octanol–water partition coefficient (Wildman–Crippen LogP) is 4.96. The van der Waals surface area contributed by atoms with Gasteiger partial charge in [-0.3, -0.25) is 24.0 Å². The number of benzene rings is 3. The Labute approximate surface area is 246 Å². The molecule has 10 nitrogen and oxygen atoms in total. The molecule has 0 saturated heterocycles. The second-order valence-corrected chi connectivity index (χ2v) is 12.5. The van der Waals surface area contributed by atoms with Crippen LogP contribution in [0.2, 0.25) is 0 Å². The Balaban J connectivity index is 1.70. The van der Waals surface area contributed by atoms with Gasteiger partial charge in [-0.1, -0.05) is 73.4 Å². The average Bonchev–Trinajstić information content (AvgIpc) is 2.99. The van der Waals surface area contributed by atoms with Crippen LogP contribution in [0.4, 0.5) is 11.4 Å². The van der Waals surface area contributed by atoms with E-state index in [1.807, 2.05) is 31.2 Å². The van der Waals surface area contributed by atoms with Crippen molar-refractivity contribution < 1.29 is 22.9 Å². The van der Waals surface area contributed by atoms with Crippen LogP contribution in [0.15, 0.2) is 83.8 Å². The summed E-state index contributed by atoms with van der Waals surface area (Å²) in [6.45, 7) is 2.97. The van der Waals surface area contributed by atoms with Gasteiger partial charge in [0.15, 0.2) is 0 Å². The minimum Gasteiger partial charge on any atom is -0.352 e. The van der Waals surface area contributed by atoms with Gasteiger partial charge in [-0.05, 0) is 50.5 Å². The van der Waals surface area contributed by atoms with Crippen molar-refractivity contribution in [2.75, 3.05) is 10.8 Å². The highest BCUT2D eigenvalue weighted by atomic mass is 32.2. The Morgan fingerprint density at radius 2 is 1.67 bits per heavy atom. The number of carbonyl (C=O) groups is 2. The van der Waals surface area contributed by atoms with Gasteiger partial charge < -0.3 is 10.2 Å². The molecule has 3 aromatic rings. The smallest absolute Gasteiger partial charge is 0.271 e. The van der Waals surface area contributed by atoms with Crippen LogP contribution < -0.4 is 9.62 Å². The highest BCUT2D eigenvalue weighted by Gasteiger charge is 2.33. The first kappa shape index (κ1) is 30.7. The monoisotopic (exact) mass is 592 g/mol. The van der Waals surface area contributed by atoms with Crippen LogP contribution in [-0.4, -0.2) is 48.7 Å². The largest absolute Gasteiger partial charge is 0.352 e. The van der Waals surface area contributed by atoms with Crippen molar-refractivity contribution in [2.24, 2.45) is 0 Å². The van der Waals surface area contributed by atoms with E-state index in [1.54, 1.807) is 25.1 Å². The first-order chi connectivity index (χ1) is 20.1. The minimum atomic E-state index is -4.31. The molecule has 0 aliphatic heterocycles. The van der Waals surface area contributed by atoms with Gasteiger partial charge in [-0.15, -0.1) is 0 Å². The number of rotatable bonds is 11. The second-order valence-electron chi connectivity index (χ2n) is 10.6. The highest BCUT2D eigenvalue weighted by Crippen LogP contribution is 2.28. The van der Waals surface area contributed by atoms with E-state index >= 15 is 0 Å². The van der Waals surface area contributed by atoms with Gasteiger partial charge in [0.2, 0.25) is 11.8 Å². The number of amides is 2. The molecule has 0 unspecified atom stereocenters. The normalized spacial score (nSPS) is 14.5. The van der Waals surface area contributed by atoms with E-state index in [-0.39, 0.29) is 34.8 Å². The molecule has 4 rings (SSSR count). The number of nitrogens with zero attached hydrogens (tertiary/aromatic N) is 3. The number of nitro groups is 1. The van der Waals surface area contributed by atoms with Gasteiger partial charge in [0.1, 0.15) is 12.6 Å². The summed E-state index contributed by atoms with van der Waals surface area (Å²) in [5.41, 5.74) is 1.42. The van der Waals surface area contributed by atoms with E-state index < -0.39 is 33.4 Å². The first-order valence-corrected chi connectivity index (χ1v) is 15.5. The van der Waals surface area contributed by atoms with Gasteiger partial charge in [-0.2, -0.15) is 0 Å². The number of carbonyl (C=O) groups excluding carboxylic acids is 2. The highest BCUT2D eigenvalue weighted by molar-refractivity contribution is 7.92. The van der Waals surface area contributed by atoms with Crippen LogP contribution in [0.1, 0.15) is 50.2 Å². The fourth-order valence-corrected chi connectivity index (χ4v) is 6.60. The Bertz CT molecular complexity index is 1520. The van der Waals surface area contributed by atoms with Gasteiger partial charge >= 0.3 is 0 Å². The molecule has 0 radical (unpaired) electrons. The number of aryl methyl sites for hydroxylation is 1. The van der Waals surface area contributed by atoms with Crippen LogP contribution in [0, 0.1) is 17.0 Å². The number of sulfonamides is 1. The Hall–Kier alpha value is -4.25. The zero-order chi connectivity index (χ0) is 30.3. The molecule has 1 saturated carbocycles. The molecule has 0 heterocycles. The van der Waals surface area contributed by atoms with E-state index in [0.29, 0.717) is 0 Å². The summed E-state index contributed by atoms with van der Waals surface area (Å²) in [5, 5.41) is 14.6. The van der Waals surface area contributed by atoms with Crippen molar-refractivity contribution in [3.8, 4) is 0 Å². The van der Waals surface area contributed by atoms with Crippen LogP contribution in [0.3, 0.4) is 0 Å². The molecule has 222 valence electrons. The molecule has 0 bridgehead atoms. The van der Waals surface area contributed by atoms with Crippen LogP contribution >= 0.6 is 0 Å². The van der Waals surface area contributed by atoms with Gasteiger partial charge in [0.25, 0.3) is 15.7 Å². The van der Waals surface area contributed by atoms with Crippen molar-refractivity contribution in [3.05, 3.63) is 100 Å². The molecule has 42 heavy (non-hydrogen) atoms. The van der Waals surface area contributed by atoms with Crippen LogP contribution in [0.25, 0.3) is 0 Å². The number of anilines is 1. The molecule has 3 aromatic carbocycles. The lowest BCUT2D eigenvalue weighted by atomic mass is 9.95. The maximum Gasteiger partial charge on any atom is 0.271 e. The molecular formula is C31H36N4O6S. The number of hydrogen-bond donors (Lipinski definition) is 1. The standard InChI is InChI=1S/C31H36N4O6S/c1-23-11-9-12-25(19-23)21-33(24(2)31(37)32-26-13-5-3-6-14-26)30(36)22-34(27-15-10-16-28(20-27)35(38)39)42(40,41)29-17-7-4-8-18-29/h4,7-12,15-20,24,26H,3,5-6,13-14,21-22H2,1-2H3,(H,32,37)/t24-/m1/s1. The lowest BCUT2D eigenvalue weighted by Gasteiger charge is -2.33. The molecule has 0 aromatic heterocycles. The van der Waals surface area contributed by atoms with E-state index in [2.05, 4.69) is 5.32 Å². The lowest BCUT2D eigenvalue weighted by Crippen LogP contribution is -2.53. The Morgan fingerprint density at radius 1 is 0.976 bits per heavy atom. The summed E-state index contributed by atoms with van der Waals surface area (Å²) in [6, 6.07) is 19.4. The molecule has 1 aliphatic carbocycles. The van der Waals surface area contributed by atoms with Crippen molar-refractivity contribution >= 4 is 33.2 Å². The topological polar surface area (TPSA) is 130 Å². The third-order valence-corrected chi connectivity index (χ3v) is 9.28. The maximum atomic E-state index is 14.1. The summed E-state index contributed by atoms with van der Waals surface area (Å²) < 4.78 is 28.6. The third-order valence-electron chi connectivity index (χ3n) is 7.49. The fourth-order valence-electron chi connectivity index (χ4n) is 5.17. The zero-order valence-corrected chi connectivity index (χ0v) is 24.6. The summed E-state index contributed by atoms with van der Waals surface area (Å²) in [4.78, 5) is 39.6. The molecule has 11 heteroatoms. The van der Waals surface area contributed by atoms with Gasteiger partial charge in [0.05, 0.1) is 15.5 Å². The lowest BCUT2D eigenvalue weighted by molar-refractivity contribution is -0.384. The van der Waals surface area contributed by atoms with Gasteiger partial charge in [-0.25, -0.2) is 8.42 Å². The summed E-state index contributed by atoms with van der Waals surface area (Å²) in [5.74, 6) is -0.926. The first-order valence-electron chi connectivity index (χ1n) is 14.0. The zero-order valence-electron chi connectivity index (χ0n) is 23.8. The SMILES string of the molecule is Cc1cccc(CN(C(=O)CN(c2cccc([N+](=O)[O-])c2)S(=O)(=O)c2ccccc2)[C@H](C)C(=O)NC2CCCCC2)c1. The van der Waals surface area contributed by atoms with Crippen molar-refractivity contribution in [1.82, 2.24) is 10.2 Å². The average molecular weight is 593 g/mol. The summed E-state index contributed by atoms with van der Waals surface area (Å²) in [7, 11) is -4.31. The quantitative estimate of drug-likeness (QED) is 0.247. The molecular weight excluding hydrogens is 556 g/mol. The van der Waals surface area contributed by atoms with Crippen molar-refractivity contribution in [3.63, 3.8) is 0 Å². The molecule has 0 spiro atoms. The molecule has 1 atom stereocenters. The summed E-state index contributed by atoms with van der Waals surface area (Å²) >= 11 is 0. The van der Waals surface area contributed by atoms with Crippen molar-refractivity contribution in [2.45, 2.75) is 69.5 Å². The predicted molar refractivity (Wildman–Crippen MR) is 160 cm³/mol. The van der Waals surface area contributed by atoms with Crippen molar-refractivity contribution in [1.29, 1.82) is 0 Å². The van der Waals surface area contributed by atoms with E-state index in [4.69, 9.17) is 0 Å². The maximum absolute atomic E-state index is 14.1. The summed E-state index contributed by atoms with van der Waals surface area (Å²) in [6.07, 6.45) is 4.94. The Kier molecular flexibility index (Phi) is 9.95. The molecule has 1 fully saturated rings. The van der Waals surface area contributed by atoms with Crippen LogP contribution in [0.5, 0.6) is 0 Å². The number of nitrogens with one attached hydrogen (secondary N) is 1. The third kappa shape index (κ3) is 7.52. The fraction of sp³-hybridized carbons (Fsp3) is 0.355. The molecule has 1 aliphatic rings.